The highest BCUT2D eigenvalue weighted by Crippen LogP contribution is 2.26. The molecule has 0 fully saturated rings. The summed E-state index contributed by atoms with van der Waals surface area (Å²) in [5.74, 6) is -5.26. The van der Waals surface area contributed by atoms with Gasteiger partial charge in [-0.2, -0.15) is 8.42 Å². The Morgan fingerprint density at radius 3 is 1.64 bits per heavy atom. The molecule has 1 unspecified atom stereocenters. The Bertz CT molecular complexity index is 554. The topological polar surface area (TPSA) is 146 Å². The van der Waals surface area contributed by atoms with Gasteiger partial charge in [0.05, 0.1) is 6.42 Å². The monoisotopic (exact) mass is 380 g/mol. The first-order valence-electron chi connectivity index (χ1n) is 8.55. The Balaban J connectivity index is 4.56. The molecule has 0 heterocycles. The Labute approximate surface area is 148 Å². The lowest BCUT2D eigenvalue weighted by Crippen LogP contribution is -2.54. The van der Waals surface area contributed by atoms with Gasteiger partial charge in [-0.3, -0.25) is 14.1 Å². The summed E-state index contributed by atoms with van der Waals surface area (Å²) >= 11 is 0. The van der Waals surface area contributed by atoms with E-state index >= 15 is 0 Å². The molecule has 0 aromatic heterocycles. The molecule has 146 valence electrons. The molecule has 0 aromatic carbocycles. The van der Waals surface area contributed by atoms with Crippen LogP contribution in [-0.2, 0) is 24.5 Å². The summed E-state index contributed by atoms with van der Waals surface area (Å²) in [6.45, 7) is 2.13. The predicted octanol–water partition coefficient (Wildman–Crippen LogP) is 2.66. The number of carbonyl (C=O) groups excluding carboxylic acids is 1. The number of carboxylic acid groups (broad SMARTS) is 2. The van der Waals surface area contributed by atoms with Gasteiger partial charge in [0, 0.05) is 6.42 Å². The lowest BCUT2D eigenvalue weighted by Gasteiger charge is -2.22. The van der Waals surface area contributed by atoms with Gasteiger partial charge in [0.25, 0.3) is 14.9 Å². The van der Waals surface area contributed by atoms with Crippen LogP contribution in [0.1, 0.15) is 77.6 Å². The number of carbonyl (C=O) groups is 3. The van der Waals surface area contributed by atoms with E-state index in [1.54, 1.807) is 0 Å². The van der Waals surface area contributed by atoms with Gasteiger partial charge >= 0.3 is 11.9 Å². The molecule has 0 saturated carbocycles. The highest BCUT2D eigenvalue weighted by molar-refractivity contribution is 7.89. The van der Waals surface area contributed by atoms with E-state index in [-0.39, 0.29) is 6.42 Å². The van der Waals surface area contributed by atoms with E-state index in [1.165, 1.54) is 12.8 Å². The van der Waals surface area contributed by atoms with Crippen LogP contribution in [0.3, 0.4) is 0 Å². The maximum Gasteiger partial charge on any atom is 0.335 e. The van der Waals surface area contributed by atoms with Gasteiger partial charge < -0.3 is 10.2 Å². The SMILES string of the molecule is CCCCCCCCCCCC(=O)C(CC(=O)O)(C(=O)O)S(=O)(=O)O. The van der Waals surface area contributed by atoms with Crippen molar-refractivity contribution in [3.05, 3.63) is 0 Å². The third kappa shape index (κ3) is 7.52. The summed E-state index contributed by atoms with van der Waals surface area (Å²) < 4.78 is 28.7. The fourth-order valence-corrected chi connectivity index (χ4v) is 3.57. The van der Waals surface area contributed by atoms with Crippen molar-refractivity contribution in [2.24, 2.45) is 0 Å². The summed E-state index contributed by atoms with van der Waals surface area (Å²) in [5, 5.41) is 17.8. The van der Waals surface area contributed by atoms with E-state index in [0.29, 0.717) is 6.42 Å². The Morgan fingerprint density at radius 1 is 0.840 bits per heavy atom. The Morgan fingerprint density at radius 2 is 1.28 bits per heavy atom. The number of hydrogen-bond donors (Lipinski definition) is 3. The summed E-state index contributed by atoms with van der Waals surface area (Å²) in [6.07, 6.45) is 6.48. The van der Waals surface area contributed by atoms with Crippen LogP contribution in [0.15, 0.2) is 0 Å². The molecular formula is C16H28O8S. The maximum atomic E-state index is 12.1. The molecule has 0 saturated heterocycles. The van der Waals surface area contributed by atoms with Gasteiger partial charge in [-0.15, -0.1) is 0 Å². The standard InChI is InChI=1S/C16H28O8S/c1-2-3-4-5-6-7-8-9-10-11-13(17)16(15(20)21,12-14(18)19)25(22,23)24/h2-12H2,1H3,(H,18,19)(H,20,21)(H,22,23,24). The van der Waals surface area contributed by atoms with Crippen LogP contribution in [-0.4, -0.2) is 45.7 Å². The second-order valence-corrected chi connectivity index (χ2v) is 7.83. The number of unbranched alkanes of at least 4 members (excludes halogenated alkanes) is 8. The minimum absolute atomic E-state index is 0.248. The first-order valence-corrected chi connectivity index (χ1v) is 9.99. The maximum absolute atomic E-state index is 12.1. The van der Waals surface area contributed by atoms with Crippen molar-refractivity contribution in [3.8, 4) is 0 Å². The number of aliphatic carboxylic acids is 2. The van der Waals surface area contributed by atoms with Crippen molar-refractivity contribution < 1.29 is 37.6 Å². The third-order valence-corrected chi connectivity index (χ3v) is 5.57. The molecule has 0 spiro atoms. The summed E-state index contributed by atoms with van der Waals surface area (Å²) in [7, 11) is -5.41. The molecule has 3 N–H and O–H groups in total. The highest BCUT2D eigenvalue weighted by atomic mass is 32.2. The zero-order valence-electron chi connectivity index (χ0n) is 14.6. The van der Waals surface area contributed by atoms with Crippen LogP contribution < -0.4 is 0 Å². The number of rotatable bonds is 15. The smallest absolute Gasteiger partial charge is 0.335 e. The molecule has 0 aromatic rings. The van der Waals surface area contributed by atoms with Gasteiger partial charge in [0.2, 0.25) is 0 Å². The second kappa shape index (κ2) is 11.2. The molecule has 1 atom stereocenters. The van der Waals surface area contributed by atoms with Crippen molar-refractivity contribution in [2.75, 3.05) is 0 Å². The molecule has 0 rings (SSSR count). The van der Waals surface area contributed by atoms with Gasteiger partial charge in [-0.25, -0.2) is 4.79 Å². The van der Waals surface area contributed by atoms with Crippen molar-refractivity contribution in [2.45, 2.75) is 82.3 Å². The van der Waals surface area contributed by atoms with Crippen LogP contribution in [0.5, 0.6) is 0 Å². The zero-order valence-corrected chi connectivity index (χ0v) is 15.4. The largest absolute Gasteiger partial charge is 0.481 e. The normalized spacial score (nSPS) is 14.0. The number of ketones is 1. The minimum atomic E-state index is -5.41. The lowest BCUT2D eigenvalue weighted by atomic mass is 9.94. The quantitative estimate of drug-likeness (QED) is 0.223. The first kappa shape index (κ1) is 23.5. The highest BCUT2D eigenvalue weighted by Gasteiger charge is 2.58. The first-order chi connectivity index (χ1) is 11.6. The van der Waals surface area contributed by atoms with E-state index in [4.69, 9.17) is 14.8 Å². The predicted molar refractivity (Wildman–Crippen MR) is 91.0 cm³/mol. The fourth-order valence-electron chi connectivity index (χ4n) is 2.65. The lowest BCUT2D eigenvalue weighted by molar-refractivity contribution is -0.150. The van der Waals surface area contributed by atoms with Gasteiger partial charge in [0.15, 0.2) is 5.78 Å². The van der Waals surface area contributed by atoms with E-state index in [0.717, 1.165) is 32.1 Å². The van der Waals surface area contributed by atoms with Gasteiger partial charge in [0.1, 0.15) is 0 Å². The van der Waals surface area contributed by atoms with Gasteiger partial charge in [-0.05, 0) is 6.42 Å². The van der Waals surface area contributed by atoms with Crippen LogP contribution in [0.4, 0.5) is 0 Å². The van der Waals surface area contributed by atoms with Crippen LogP contribution in [0, 0.1) is 0 Å². The molecular weight excluding hydrogens is 352 g/mol. The summed E-state index contributed by atoms with van der Waals surface area (Å²) in [4.78, 5) is 34.2. The second-order valence-electron chi connectivity index (χ2n) is 6.18. The molecule has 9 heteroatoms. The molecule has 0 aliphatic heterocycles. The molecule has 8 nitrogen and oxygen atoms in total. The van der Waals surface area contributed by atoms with Gasteiger partial charge in [-0.1, -0.05) is 58.3 Å². The van der Waals surface area contributed by atoms with Crippen molar-refractivity contribution in [1.82, 2.24) is 0 Å². The van der Waals surface area contributed by atoms with Crippen molar-refractivity contribution >= 4 is 27.8 Å². The molecule has 0 bridgehead atoms. The average molecular weight is 380 g/mol. The van der Waals surface area contributed by atoms with Crippen molar-refractivity contribution in [1.29, 1.82) is 0 Å². The van der Waals surface area contributed by atoms with Crippen molar-refractivity contribution in [3.63, 3.8) is 0 Å². The molecule has 0 amide bonds. The number of Topliss-reactive ketones (excluding diaryl/α,β-unsaturated/α-hetero) is 1. The van der Waals surface area contributed by atoms with Crippen LogP contribution in [0.2, 0.25) is 0 Å². The van der Waals surface area contributed by atoms with E-state index in [2.05, 4.69) is 6.92 Å². The van der Waals surface area contributed by atoms with E-state index in [1.807, 2.05) is 0 Å². The molecule has 25 heavy (non-hydrogen) atoms. The molecule has 0 aliphatic carbocycles. The summed E-state index contributed by atoms with van der Waals surface area (Å²) in [5.41, 5.74) is 0. The van der Waals surface area contributed by atoms with E-state index < -0.39 is 45.4 Å². The molecule has 0 radical (unpaired) electrons. The fraction of sp³-hybridized carbons (Fsp3) is 0.812. The Hall–Kier alpha value is -1.48. The zero-order chi connectivity index (χ0) is 19.5. The summed E-state index contributed by atoms with van der Waals surface area (Å²) in [6, 6.07) is 0. The average Bonchev–Trinajstić information content (AvgIpc) is 2.48. The van der Waals surface area contributed by atoms with Crippen LogP contribution >= 0.6 is 0 Å². The van der Waals surface area contributed by atoms with E-state index in [9.17, 15) is 22.8 Å². The van der Waals surface area contributed by atoms with Crippen LogP contribution in [0.25, 0.3) is 0 Å². The minimum Gasteiger partial charge on any atom is -0.481 e. The number of carboxylic acids is 2. The third-order valence-electron chi connectivity index (χ3n) is 4.14. The number of hydrogen-bond acceptors (Lipinski definition) is 5. The Kier molecular flexibility index (Phi) is 10.5. The molecule has 0 aliphatic rings.